The smallest absolute Gasteiger partial charge is 0.255 e. The highest BCUT2D eigenvalue weighted by molar-refractivity contribution is 5.94. The molecule has 4 rings (SSSR count). The summed E-state index contributed by atoms with van der Waals surface area (Å²) in [5.74, 6) is 0.00310. The van der Waals surface area contributed by atoms with E-state index in [1.165, 1.54) is 12.4 Å². The first kappa shape index (κ1) is 16.8. The molecule has 2 aromatic heterocycles. The molecular weight excluding hydrogens is 337 g/mol. The van der Waals surface area contributed by atoms with Crippen LogP contribution in [-0.4, -0.2) is 64.1 Å². The largest absolute Gasteiger partial charge is 0.369 e. The van der Waals surface area contributed by atoms with Gasteiger partial charge in [0.05, 0.1) is 37.7 Å². The summed E-state index contributed by atoms with van der Waals surface area (Å²) in [5, 5.41) is 0. The molecule has 136 valence electrons. The van der Waals surface area contributed by atoms with Crippen molar-refractivity contribution in [1.82, 2.24) is 19.9 Å². The van der Waals surface area contributed by atoms with Gasteiger partial charge in [-0.25, -0.2) is 14.4 Å². The third-order valence-electron chi connectivity index (χ3n) is 4.87. The number of amides is 1. The standard InChI is InChI=1S/C18H20FN5O2/c19-15-10-21-17(22-11-15)24-6-2-4-18(13-24)12-23(7-8-26-18)16(25)14-3-1-5-20-9-14/h1,3,5,9-11H,2,4,6-8,12-13H2. The fourth-order valence-electron chi connectivity index (χ4n) is 3.67. The molecule has 4 heterocycles. The van der Waals surface area contributed by atoms with Crippen molar-refractivity contribution in [3.8, 4) is 0 Å². The Kier molecular flexibility index (Phi) is 4.50. The maximum atomic E-state index is 13.1. The van der Waals surface area contributed by atoms with Crippen molar-refractivity contribution in [2.24, 2.45) is 0 Å². The van der Waals surface area contributed by atoms with Crippen LogP contribution < -0.4 is 4.90 Å². The Morgan fingerprint density at radius 1 is 1.19 bits per heavy atom. The summed E-state index contributed by atoms with van der Waals surface area (Å²) in [6.45, 7) is 2.92. The van der Waals surface area contributed by atoms with E-state index >= 15 is 0 Å². The summed E-state index contributed by atoms with van der Waals surface area (Å²) >= 11 is 0. The van der Waals surface area contributed by atoms with Crippen molar-refractivity contribution in [2.75, 3.05) is 37.7 Å². The van der Waals surface area contributed by atoms with Crippen LogP contribution in [0.1, 0.15) is 23.2 Å². The third kappa shape index (κ3) is 3.37. The van der Waals surface area contributed by atoms with Gasteiger partial charge in [0.2, 0.25) is 5.95 Å². The van der Waals surface area contributed by atoms with Crippen LogP contribution >= 0.6 is 0 Å². The van der Waals surface area contributed by atoms with E-state index < -0.39 is 11.4 Å². The number of rotatable bonds is 2. The van der Waals surface area contributed by atoms with E-state index in [9.17, 15) is 9.18 Å². The Labute approximate surface area is 150 Å². The minimum absolute atomic E-state index is 0.0315. The van der Waals surface area contributed by atoms with Gasteiger partial charge < -0.3 is 14.5 Å². The minimum atomic E-state index is -0.456. The van der Waals surface area contributed by atoms with E-state index in [4.69, 9.17) is 4.74 Å². The average Bonchev–Trinajstić information content (AvgIpc) is 2.69. The van der Waals surface area contributed by atoms with Crippen LogP contribution in [0.5, 0.6) is 0 Å². The van der Waals surface area contributed by atoms with Crippen LogP contribution in [0.2, 0.25) is 0 Å². The quantitative estimate of drug-likeness (QED) is 0.812. The number of pyridine rings is 1. The molecule has 0 aliphatic carbocycles. The van der Waals surface area contributed by atoms with Gasteiger partial charge in [-0.05, 0) is 25.0 Å². The molecule has 2 aromatic rings. The monoisotopic (exact) mass is 357 g/mol. The second-order valence-corrected chi connectivity index (χ2v) is 6.73. The van der Waals surface area contributed by atoms with Crippen LogP contribution in [0.4, 0.5) is 10.3 Å². The van der Waals surface area contributed by atoms with E-state index in [2.05, 4.69) is 15.0 Å². The number of halogens is 1. The molecule has 0 N–H and O–H groups in total. The Hall–Kier alpha value is -2.61. The molecule has 0 radical (unpaired) electrons. The van der Waals surface area contributed by atoms with Gasteiger partial charge in [-0.15, -0.1) is 0 Å². The lowest BCUT2D eigenvalue weighted by molar-refractivity contribution is -0.105. The molecule has 0 saturated carbocycles. The average molecular weight is 357 g/mol. The summed E-state index contributed by atoms with van der Waals surface area (Å²) in [4.78, 5) is 28.8. The molecule has 2 fully saturated rings. The summed E-state index contributed by atoms with van der Waals surface area (Å²) in [6, 6.07) is 3.54. The van der Waals surface area contributed by atoms with Gasteiger partial charge in [-0.1, -0.05) is 0 Å². The predicted molar refractivity (Wildman–Crippen MR) is 92.3 cm³/mol. The predicted octanol–water partition coefficient (Wildman–Crippen LogP) is 1.52. The fraction of sp³-hybridized carbons (Fsp3) is 0.444. The van der Waals surface area contributed by atoms with Gasteiger partial charge in [0.1, 0.15) is 5.60 Å². The maximum absolute atomic E-state index is 13.1. The molecule has 8 heteroatoms. The molecule has 1 amide bonds. The SMILES string of the molecule is O=C(c1cccnc1)N1CCOC2(CCCN(c3ncc(F)cn3)C2)C1. The first-order valence-electron chi connectivity index (χ1n) is 8.71. The van der Waals surface area contributed by atoms with Crippen LogP contribution in [0.3, 0.4) is 0 Å². The van der Waals surface area contributed by atoms with Crippen molar-refractivity contribution in [1.29, 1.82) is 0 Å². The number of carbonyl (C=O) groups excluding carboxylic acids is 1. The fourth-order valence-corrected chi connectivity index (χ4v) is 3.67. The second kappa shape index (κ2) is 6.95. The number of nitrogens with zero attached hydrogens (tertiary/aromatic N) is 5. The van der Waals surface area contributed by atoms with E-state index in [-0.39, 0.29) is 5.91 Å². The molecule has 0 bridgehead atoms. The zero-order valence-electron chi connectivity index (χ0n) is 14.3. The molecule has 1 spiro atoms. The highest BCUT2D eigenvalue weighted by atomic mass is 19.1. The van der Waals surface area contributed by atoms with Gasteiger partial charge in [0, 0.05) is 25.5 Å². The first-order valence-corrected chi connectivity index (χ1v) is 8.71. The van der Waals surface area contributed by atoms with Gasteiger partial charge in [-0.2, -0.15) is 0 Å². The molecule has 26 heavy (non-hydrogen) atoms. The Morgan fingerprint density at radius 3 is 2.81 bits per heavy atom. The summed E-state index contributed by atoms with van der Waals surface area (Å²) < 4.78 is 19.2. The van der Waals surface area contributed by atoms with Crippen molar-refractivity contribution < 1.29 is 13.9 Å². The molecule has 0 aromatic carbocycles. The van der Waals surface area contributed by atoms with E-state index in [1.54, 1.807) is 24.5 Å². The van der Waals surface area contributed by atoms with Gasteiger partial charge >= 0.3 is 0 Å². The topological polar surface area (TPSA) is 71.5 Å². The molecule has 2 saturated heterocycles. The number of carbonyl (C=O) groups is 1. The molecule has 2 aliphatic rings. The van der Waals surface area contributed by atoms with E-state index in [1.807, 2.05) is 9.80 Å². The normalized spacial score (nSPS) is 23.3. The molecule has 1 unspecified atom stereocenters. The lowest BCUT2D eigenvalue weighted by atomic mass is 9.90. The zero-order chi connectivity index (χ0) is 18.0. The number of anilines is 1. The Balaban J connectivity index is 1.50. The van der Waals surface area contributed by atoms with Crippen molar-refractivity contribution in [3.63, 3.8) is 0 Å². The number of morpholine rings is 1. The minimum Gasteiger partial charge on any atom is -0.369 e. The Bertz CT molecular complexity index is 769. The molecule has 2 aliphatic heterocycles. The number of piperidine rings is 1. The van der Waals surface area contributed by atoms with Crippen LogP contribution in [0, 0.1) is 5.82 Å². The first-order chi connectivity index (χ1) is 12.7. The van der Waals surface area contributed by atoms with E-state index in [0.717, 1.165) is 19.4 Å². The third-order valence-corrected chi connectivity index (χ3v) is 4.87. The summed E-state index contributed by atoms with van der Waals surface area (Å²) in [7, 11) is 0. The summed E-state index contributed by atoms with van der Waals surface area (Å²) in [6.07, 6.45) is 7.34. The Morgan fingerprint density at radius 2 is 2.04 bits per heavy atom. The summed E-state index contributed by atoms with van der Waals surface area (Å²) in [5.41, 5.74) is 0.130. The highest BCUT2D eigenvalue weighted by Gasteiger charge is 2.42. The zero-order valence-corrected chi connectivity index (χ0v) is 14.3. The number of hydrogen-bond acceptors (Lipinski definition) is 6. The van der Waals surface area contributed by atoms with Gasteiger partial charge in [0.25, 0.3) is 5.91 Å². The van der Waals surface area contributed by atoms with Crippen molar-refractivity contribution in [2.45, 2.75) is 18.4 Å². The van der Waals surface area contributed by atoms with Crippen molar-refractivity contribution >= 4 is 11.9 Å². The number of hydrogen-bond donors (Lipinski definition) is 0. The lowest BCUT2D eigenvalue weighted by Gasteiger charge is -2.48. The van der Waals surface area contributed by atoms with Crippen molar-refractivity contribution in [3.05, 3.63) is 48.3 Å². The van der Waals surface area contributed by atoms with Crippen LogP contribution in [-0.2, 0) is 4.74 Å². The van der Waals surface area contributed by atoms with Gasteiger partial charge in [0.15, 0.2) is 5.82 Å². The van der Waals surface area contributed by atoms with Crippen LogP contribution in [0.25, 0.3) is 0 Å². The number of ether oxygens (including phenoxy) is 1. The molecule has 1 atom stereocenters. The van der Waals surface area contributed by atoms with Gasteiger partial charge in [-0.3, -0.25) is 9.78 Å². The number of aromatic nitrogens is 3. The molecular formula is C18H20FN5O2. The maximum Gasteiger partial charge on any atom is 0.255 e. The second-order valence-electron chi connectivity index (χ2n) is 6.73. The highest BCUT2D eigenvalue weighted by Crippen LogP contribution is 2.31. The van der Waals surface area contributed by atoms with Crippen LogP contribution in [0.15, 0.2) is 36.9 Å². The lowest BCUT2D eigenvalue weighted by Crippen LogP contribution is -2.61. The molecule has 7 nitrogen and oxygen atoms in total. The van der Waals surface area contributed by atoms with E-state index in [0.29, 0.717) is 37.8 Å².